The average molecular weight is 731 g/mol. The third-order valence-corrected chi connectivity index (χ3v) is 12.4. The minimum Gasteiger partial charge on any atom is -0.503 e. The van der Waals surface area contributed by atoms with Crippen LogP contribution in [0, 0.1) is 23.6 Å². The first kappa shape index (κ1) is 28.6. The molecule has 2 heterocycles. The van der Waals surface area contributed by atoms with Crippen molar-refractivity contribution in [3.63, 3.8) is 0 Å². The number of carbonyl (C=O) groups excluding carboxylic acids is 4. The number of hydrogen-bond donors (Lipinski definition) is 1. The van der Waals surface area contributed by atoms with Crippen LogP contribution in [0.2, 0.25) is 0 Å². The highest BCUT2D eigenvalue weighted by Gasteiger charge is 2.76. The predicted octanol–water partition coefficient (Wildman–Crippen LogP) is 5.26. The number of halogens is 5. The zero-order valence-corrected chi connectivity index (χ0v) is 26.1. The normalized spacial score (nSPS) is 32.6. The highest BCUT2D eigenvalue weighted by Crippen LogP contribution is 2.67. The third-order valence-electron chi connectivity index (χ3n) is 8.82. The van der Waals surface area contributed by atoms with Crippen LogP contribution in [0.15, 0.2) is 50.9 Å². The molecule has 4 aliphatic rings. The predicted molar refractivity (Wildman–Crippen MR) is 154 cm³/mol. The Balaban J connectivity index is 1.63. The number of rotatable bonds is 3. The van der Waals surface area contributed by atoms with E-state index in [0.29, 0.717) is 15.6 Å². The van der Waals surface area contributed by atoms with Gasteiger partial charge in [-0.05, 0) is 86.5 Å². The van der Waals surface area contributed by atoms with Crippen molar-refractivity contribution in [2.24, 2.45) is 17.8 Å². The number of phenolic OH excluding ortho intramolecular Hbond substituents is 1. The lowest BCUT2D eigenvalue weighted by molar-refractivity contribution is -0.138. The molecule has 2 saturated heterocycles. The smallest absolute Gasteiger partial charge is 0.258 e. The highest BCUT2D eigenvalue weighted by atomic mass is 79.9. The first-order valence-electron chi connectivity index (χ1n) is 12.6. The molecule has 0 spiro atoms. The van der Waals surface area contributed by atoms with E-state index in [1.165, 1.54) is 32.4 Å². The third kappa shape index (κ3) is 3.61. The zero-order chi connectivity index (χ0) is 29.8. The van der Waals surface area contributed by atoms with Crippen molar-refractivity contribution in [2.75, 3.05) is 19.1 Å². The number of anilines is 1. The summed E-state index contributed by atoms with van der Waals surface area (Å²) in [6.45, 7) is 0. The molecule has 0 aromatic heterocycles. The maximum Gasteiger partial charge on any atom is 0.258 e. The molecule has 0 bridgehead atoms. The fourth-order valence-electron chi connectivity index (χ4n) is 6.88. The Morgan fingerprint density at radius 2 is 1.68 bits per heavy atom. The number of likely N-dealkylation sites (tertiary alicyclic amines) is 1. The molecule has 2 aromatic rings. The van der Waals surface area contributed by atoms with E-state index in [9.17, 15) is 28.7 Å². The van der Waals surface area contributed by atoms with E-state index in [0.717, 1.165) is 21.9 Å². The molecule has 8 nitrogen and oxygen atoms in total. The second kappa shape index (κ2) is 9.52. The maximum atomic E-state index is 14.4. The molecule has 6 rings (SSSR count). The molecule has 1 N–H and O–H groups in total. The lowest BCUT2D eigenvalue weighted by atomic mass is 9.56. The van der Waals surface area contributed by atoms with Gasteiger partial charge in [-0.15, -0.1) is 23.2 Å². The Morgan fingerprint density at radius 1 is 1.02 bits per heavy atom. The number of alkyl halides is 2. The molecule has 2 aliphatic heterocycles. The van der Waals surface area contributed by atoms with Crippen molar-refractivity contribution in [3.8, 4) is 11.5 Å². The first-order chi connectivity index (χ1) is 19.3. The van der Waals surface area contributed by atoms with Gasteiger partial charge in [0.2, 0.25) is 11.8 Å². The number of fused-ring (bicyclic) bond motifs is 4. The fraction of sp³-hybridized carbons (Fsp3) is 0.357. The quantitative estimate of drug-likeness (QED) is 0.263. The van der Waals surface area contributed by atoms with E-state index in [-0.39, 0.29) is 40.4 Å². The summed E-state index contributed by atoms with van der Waals surface area (Å²) in [6, 6.07) is 6.29. The number of allylic oxidation sites excluding steroid dienone is 2. The van der Waals surface area contributed by atoms with Crippen molar-refractivity contribution in [1.82, 2.24) is 4.90 Å². The van der Waals surface area contributed by atoms with Gasteiger partial charge in [-0.1, -0.05) is 11.6 Å². The Labute approximate surface area is 260 Å². The van der Waals surface area contributed by atoms with E-state index in [1.807, 2.05) is 0 Å². The summed E-state index contributed by atoms with van der Waals surface area (Å²) < 4.78 is 19.7. The molecule has 214 valence electrons. The zero-order valence-electron chi connectivity index (χ0n) is 21.5. The van der Waals surface area contributed by atoms with E-state index in [1.54, 1.807) is 6.08 Å². The van der Waals surface area contributed by atoms with E-state index >= 15 is 0 Å². The lowest BCUT2D eigenvalue weighted by Gasteiger charge is -2.51. The van der Waals surface area contributed by atoms with Crippen LogP contribution in [0.3, 0.4) is 0 Å². The van der Waals surface area contributed by atoms with Gasteiger partial charge in [-0.25, -0.2) is 9.29 Å². The van der Waals surface area contributed by atoms with Crippen LogP contribution >= 0.6 is 55.1 Å². The van der Waals surface area contributed by atoms with E-state index in [4.69, 9.17) is 27.9 Å². The largest absolute Gasteiger partial charge is 0.503 e. The summed E-state index contributed by atoms with van der Waals surface area (Å²) in [4.78, 5) is 52.6. The van der Waals surface area contributed by atoms with Crippen molar-refractivity contribution in [3.05, 3.63) is 62.3 Å². The molecule has 6 atom stereocenters. The van der Waals surface area contributed by atoms with Gasteiger partial charge < -0.3 is 9.84 Å². The number of imide groups is 2. The molecule has 6 unspecified atom stereocenters. The number of phenols is 1. The van der Waals surface area contributed by atoms with Gasteiger partial charge in [-0.3, -0.25) is 24.1 Å². The number of carbonyl (C=O) groups is 4. The number of hydrogen-bond acceptors (Lipinski definition) is 6. The van der Waals surface area contributed by atoms with Crippen LogP contribution in [-0.2, 0) is 19.2 Å². The number of aromatic hydroxyl groups is 1. The Bertz CT molecular complexity index is 1600. The SMILES string of the molecule is COc1cc(C2C3=CCC4C(=O)N(C)C(=O)C4C3CC3(Cl)C(=O)N(c4ccc(F)cc4)C(=O)C23Cl)c(Br)c(Br)c1O. The van der Waals surface area contributed by atoms with Crippen LogP contribution in [0.4, 0.5) is 10.1 Å². The van der Waals surface area contributed by atoms with Crippen LogP contribution in [0.25, 0.3) is 0 Å². The summed E-state index contributed by atoms with van der Waals surface area (Å²) in [7, 11) is 2.78. The molecule has 41 heavy (non-hydrogen) atoms. The summed E-state index contributed by atoms with van der Waals surface area (Å²) in [6.07, 6.45) is 1.84. The van der Waals surface area contributed by atoms with Crippen LogP contribution in [0.1, 0.15) is 24.3 Å². The summed E-state index contributed by atoms with van der Waals surface area (Å²) in [5.41, 5.74) is 1.03. The van der Waals surface area contributed by atoms with Gasteiger partial charge in [0.05, 0.1) is 29.1 Å². The molecule has 1 saturated carbocycles. The van der Waals surface area contributed by atoms with Crippen molar-refractivity contribution in [2.45, 2.75) is 28.5 Å². The fourth-order valence-corrected chi connectivity index (χ4v) is 8.76. The number of methoxy groups -OCH3 is 1. The molecule has 3 fully saturated rings. The van der Waals surface area contributed by atoms with Gasteiger partial charge in [0.25, 0.3) is 11.8 Å². The van der Waals surface area contributed by atoms with Crippen molar-refractivity contribution in [1.29, 1.82) is 0 Å². The van der Waals surface area contributed by atoms with Gasteiger partial charge in [-0.2, -0.15) is 0 Å². The summed E-state index contributed by atoms with van der Waals surface area (Å²) in [5, 5.41) is 10.6. The molecular weight excluding hydrogens is 710 g/mol. The van der Waals surface area contributed by atoms with Crippen molar-refractivity contribution < 1.29 is 33.4 Å². The lowest BCUT2D eigenvalue weighted by Crippen LogP contribution is -2.60. The first-order valence-corrected chi connectivity index (χ1v) is 14.9. The Kier molecular flexibility index (Phi) is 6.65. The maximum absolute atomic E-state index is 14.4. The second-order valence-electron chi connectivity index (χ2n) is 10.6. The molecule has 4 amide bonds. The second-order valence-corrected chi connectivity index (χ2v) is 13.5. The summed E-state index contributed by atoms with van der Waals surface area (Å²) >= 11 is 21.5. The average Bonchev–Trinajstić information content (AvgIpc) is 3.26. The molecular formula is C28H21Br2Cl2FN2O6. The summed E-state index contributed by atoms with van der Waals surface area (Å²) in [5.74, 6) is -6.34. The molecule has 13 heteroatoms. The number of ether oxygens (including phenoxy) is 1. The van der Waals surface area contributed by atoms with Gasteiger partial charge in [0.15, 0.2) is 21.2 Å². The standard InChI is InChI=1S/C28H21Br2Cl2FN2O6/c1-34-23(37)14-8-7-13-16(18(14)24(34)38)10-27(31)25(39)35(12-5-3-11(33)4-6-12)26(40)28(27,32)19(13)15-9-17(41-2)22(36)21(30)20(15)29/h3-7,9,14,16,18-19,36H,8,10H2,1-2H3. The minimum absolute atomic E-state index is 0.0611. The number of nitrogens with zero attached hydrogens (tertiary/aromatic N) is 2. The Morgan fingerprint density at radius 3 is 2.32 bits per heavy atom. The molecule has 2 aromatic carbocycles. The minimum atomic E-state index is -2.11. The van der Waals surface area contributed by atoms with Gasteiger partial charge in [0.1, 0.15) is 5.82 Å². The van der Waals surface area contributed by atoms with Crippen LogP contribution < -0.4 is 9.64 Å². The molecule has 0 radical (unpaired) electrons. The number of benzene rings is 2. The molecule has 2 aliphatic carbocycles. The Hall–Kier alpha value is -2.47. The number of amides is 4. The van der Waals surface area contributed by atoms with Crippen LogP contribution in [-0.4, -0.2) is 57.5 Å². The van der Waals surface area contributed by atoms with Crippen LogP contribution in [0.5, 0.6) is 11.5 Å². The van der Waals surface area contributed by atoms with E-state index < -0.39 is 57.0 Å². The van der Waals surface area contributed by atoms with Crippen molar-refractivity contribution >= 4 is 84.4 Å². The van der Waals surface area contributed by atoms with E-state index in [2.05, 4.69) is 31.9 Å². The highest BCUT2D eigenvalue weighted by molar-refractivity contribution is 9.13. The topological polar surface area (TPSA) is 104 Å². The monoisotopic (exact) mass is 728 g/mol. The van der Waals surface area contributed by atoms with Gasteiger partial charge in [0, 0.05) is 17.4 Å². The van der Waals surface area contributed by atoms with Gasteiger partial charge >= 0.3 is 0 Å².